The molecule has 0 saturated carbocycles. The van der Waals surface area contributed by atoms with Gasteiger partial charge in [-0.25, -0.2) is 9.18 Å². The summed E-state index contributed by atoms with van der Waals surface area (Å²) in [5, 5.41) is 19.2. The molecule has 2 heterocycles. The predicted octanol–water partition coefficient (Wildman–Crippen LogP) is 3.44. The van der Waals surface area contributed by atoms with Crippen molar-refractivity contribution in [2.45, 2.75) is 25.4 Å². The summed E-state index contributed by atoms with van der Waals surface area (Å²) in [6.07, 6.45) is 2.16. The fraction of sp³-hybridized carbons (Fsp3) is 0.190. The zero-order chi connectivity index (χ0) is 22.1. The molecule has 1 aliphatic rings. The molecular weight excluding hydrogens is 427 g/mol. The number of benzene rings is 2. The molecule has 0 spiro atoms. The Morgan fingerprint density at radius 1 is 1.26 bits per heavy atom. The highest BCUT2D eigenvalue weighted by Crippen LogP contribution is 2.33. The van der Waals surface area contributed by atoms with E-state index in [-0.39, 0.29) is 29.8 Å². The van der Waals surface area contributed by atoms with E-state index in [0.29, 0.717) is 22.9 Å². The number of piperidine rings is 1. The van der Waals surface area contributed by atoms with Gasteiger partial charge in [0.25, 0.3) is 0 Å². The number of imide groups is 1. The van der Waals surface area contributed by atoms with Crippen molar-refractivity contribution in [1.29, 1.82) is 0 Å². The van der Waals surface area contributed by atoms with Crippen LogP contribution in [-0.4, -0.2) is 27.5 Å². The zero-order valence-corrected chi connectivity index (χ0v) is 16.9. The van der Waals surface area contributed by atoms with Crippen molar-refractivity contribution in [1.82, 2.24) is 15.2 Å². The van der Waals surface area contributed by atoms with Crippen LogP contribution in [-0.2, 0) is 16.1 Å². The predicted molar refractivity (Wildman–Crippen MR) is 112 cm³/mol. The summed E-state index contributed by atoms with van der Waals surface area (Å²) in [5.41, 5.74) is 1.12. The van der Waals surface area contributed by atoms with Crippen molar-refractivity contribution >= 4 is 45.9 Å². The van der Waals surface area contributed by atoms with Gasteiger partial charge < -0.3 is 20.3 Å². The van der Waals surface area contributed by atoms with Crippen molar-refractivity contribution in [3.63, 3.8) is 0 Å². The number of carbonyl (C=O) groups is 3. The van der Waals surface area contributed by atoms with Crippen LogP contribution in [0.15, 0.2) is 42.6 Å². The van der Waals surface area contributed by atoms with E-state index >= 15 is 0 Å². The molecule has 1 aliphatic heterocycles. The summed E-state index contributed by atoms with van der Waals surface area (Å²) in [6.45, 7) is 0.195. The minimum Gasteiger partial charge on any atom is -0.494 e. The quantitative estimate of drug-likeness (QED) is 0.462. The molecule has 1 atom stereocenters. The van der Waals surface area contributed by atoms with E-state index in [1.165, 1.54) is 16.7 Å². The minimum absolute atomic E-state index is 0.0602. The molecule has 10 heteroatoms. The molecule has 2 aromatic carbocycles. The molecule has 1 unspecified atom stereocenters. The SMILES string of the molecule is O=C1CCC(n2cc3cc(CNC(=O)Nc4ccc(F)c(Cl)c4)ccc3c2O)C(=O)N1. The maximum absolute atomic E-state index is 13.2. The Kier molecular flexibility index (Phi) is 5.51. The van der Waals surface area contributed by atoms with Crippen LogP contribution in [0.4, 0.5) is 14.9 Å². The molecule has 0 radical (unpaired) electrons. The smallest absolute Gasteiger partial charge is 0.319 e. The first-order valence-corrected chi connectivity index (χ1v) is 9.85. The molecule has 31 heavy (non-hydrogen) atoms. The van der Waals surface area contributed by atoms with Crippen LogP contribution in [0.3, 0.4) is 0 Å². The highest BCUT2D eigenvalue weighted by atomic mass is 35.5. The maximum atomic E-state index is 13.2. The molecule has 4 N–H and O–H groups in total. The lowest BCUT2D eigenvalue weighted by atomic mass is 10.1. The van der Waals surface area contributed by atoms with Crippen molar-refractivity contribution < 1.29 is 23.9 Å². The van der Waals surface area contributed by atoms with E-state index in [1.54, 1.807) is 24.4 Å². The van der Waals surface area contributed by atoms with Gasteiger partial charge in [-0.1, -0.05) is 17.7 Å². The lowest BCUT2D eigenvalue weighted by molar-refractivity contribution is -0.135. The number of hydrogen-bond donors (Lipinski definition) is 4. The average Bonchev–Trinajstić information content (AvgIpc) is 3.05. The number of aromatic nitrogens is 1. The molecular formula is C21H18ClFN4O4. The van der Waals surface area contributed by atoms with E-state index < -0.39 is 23.8 Å². The Labute approximate surface area is 181 Å². The summed E-state index contributed by atoms with van der Waals surface area (Å²) in [5.74, 6) is -1.42. The van der Waals surface area contributed by atoms with Crippen molar-refractivity contribution in [2.75, 3.05) is 5.32 Å². The number of urea groups is 1. The first-order valence-electron chi connectivity index (χ1n) is 9.48. The van der Waals surface area contributed by atoms with Gasteiger partial charge in [-0.2, -0.15) is 0 Å². The summed E-state index contributed by atoms with van der Waals surface area (Å²) in [6, 6.07) is 7.92. The monoisotopic (exact) mass is 444 g/mol. The first kappa shape index (κ1) is 20.7. The van der Waals surface area contributed by atoms with Crippen LogP contribution in [0, 0.1) is 5.82 Å². The van der Waals surface area contributed by atoms with Crippen molar-refractivity contribution in [3.8, 4) is 5.88 Å². The van der Waals surface area contributed by atoms with Crippen LogP contribution < -0.4 is 16.0 Å². The average molecular weight is 445 g/mol. The summed E-state index contributed by atoms with van der Waals surface area (Å²) >= 11 is 5.70. The van der Waals surface area contributed by atoms with Crippen LogP contribution in [0.25, 0.3) is 10.8 Å². The lowest BCUT2D eigenvalue weighted by Crippen LogP contribution is -2.41. The zero-order valence-electron chi connectivity index (χ0n) is 16.1. The normalized spacial score (nSPS) is 16.3. The van der Waals surface area contributed by atoms with E-state index in [4.69, 9.17) is 11.6 Å². The summed E-state index contributed by atoms with van der Waals surface area (Å²) < 4.78 is 14.7. The molecule has 3 aromatic rings. The van der Waals surface area contributed by atoms with Crippen LogP contribution in [0.5, 0.6) is 5.88 Å². The van der Waals surface area contributed by atoms with Crippen LogP contribution in [0.1, 0.15) is 24.4 Å². The molecule has 1 aromatic heterocycles. The van der Waals surface area contributed by atoms with Gasteiger partial charge in [0.2, 0.25) is 11.8 Å². The number of nitrogens with one attached hydrogen (secondary N) is 3. The second kappa shape index (κ2) is 8.27. The molecule has 1 saturated heterocycles. The van der Waals surface area contributed by atoms with E-state index in [2.05, 4.69) is 16.0 Å². The lowest BCUT2D eigenvalue weighted by Gasteiger charge is -2.22. The molecule has 1 fully saturated rings. The number of amides is 4. The minimum atomic E-state index is -0.667. The van der Waals surface area contributed by atoms with E-state index in [0.717, 1.165) is 11.6 Å². The maximum Gasteiger partial charge on any atom is 0.319 e. The third kappa shape index (κ3) is 4.31. The Balaban J connectivity index is 1.45. The number of aromatic hydroxyl groups is 1. The molecule has 160 valence electrons. The van der Waals surface area contributed by atoms with Crippen LogP contribution in [0.2, 0.25) is 5.02 Å². The molecule has 4 rings (SSSR count). The highest BCUT2D eigenvalue weighted by Gasteiger charge is 2.30. The number of nitrogens with zero attached hydrogens (tertiary/aromatic N) is 1. The number of fused-ring (bicyclic) bond motifs is 1. The topological polar surface area (TPSA) is 112 Å². The van der Waals surface area contributed by atoms with Gasteiger partial charge in [0.15, 0.2) is 5.88 Å². The Morgan fingerprint density at radius 3 is 2.81 bits per heavy atom. The second-order valence-corrected chi connectivity index (χ2v) is 7.59. The van der Waals surface area contributed by atoms with Crippen LogP contribution >= 0.6 is 11.6 Å². The van der Waals surface area contributed by atoms with Gasteiger partial charge in [0.1, 0.15) is 11.9 Å². The number of carbonyl (C=O) groups excluding carboxylic acids is 3. The summed E-state index contributed by atoms with van der Waals surface area (Å²) in [7, 11) is 0. The van der Waals surface area contributed by atoms with E-state index in [9.17, 15) is 23.9 Å². The van der Waals surface area contributed by atoms with Gasteiger partial charge >= 0.3 is 6.03 Å². The van der Waals surface area contributed by atoms with Gasteiger partial charge in [-0.3, -0.25) is 14.9 Å². The Hall–Kier alpha value is -3.59. The third-order valence-corrected chi connectivity index (χ3v) is 5.35. The highest BCUT2D eigenvalue weighted by molar-refractivity contribution is 6.31. The van der Waals surface area contributed by atoms with Gasteiger partial charge in [-0.15, -0.1) is 0 Å². The number of halogens is 2. The van der Waals surface area contributed by atoms with Crippen molar-refractivity contribution in [3.05, 3.63) is 59.0 Å². The number of anilines is 1. The van der Waals surface area contributed by atoms with Gasteiger partial charge in [0.05, 0.1) is 5.02 Å². The standard InChI is InChI=1S/C21H18ClFN4O4/c22-15-8-13(2-4-16(15)23)25-21(31)24-9-11-1-3-14-12(7-11)10-27(20(14)30)17-5-6-18(28)26-19(17)29/h1-4,7-8,10,17,30H,5-6,9H2,(H2,24,25,31)(H,26,28,29). The molecule has 0 aliphatic carbocycles. The summed E-state index contributed by atoms with van der Waals surface area (Å²) in [4.78, 5) is 35.6. The fourth-order valence-electron chi connectivity index (χ4n) is 3.50. The van der Waals surface area contributed by atoms with Crippen molar-refractivity contribution in [2.24, 2.45) is 0 Å². The van der Waals surface area contributed by atoms with E-state index in [1.807, 2.05) is 0 Å². The first-order chi connectivity index (χ1) is 14.8. The molecule has 0 bridgehead atoms. The van der Waals surface area contributed by atoms with Gasteiger partial charge in [-0.05, 0) is 42.3 Å². The molecule has 4 amide bonds. The Bertz CT molecular complexity index is 1210. The second-order valence-electron chi connectivity index (χ2n) is 7.19. The largest absolute Gasteiger partial charge is 0.494 e. The Morgan fingerprint density at radius 2 is 2.06 bits per heavy atom. The van der Waals surface area contributed by atoms with Gasteiger partial charge in [0, 0.05) is 35.6 Å². The molecule has 8 nitrogen and oxygen atoms in total. The fourth-order valence-corrected chi connectivity index (χ4v) is 3.68. The number of hydrogen-bond acceptors (Lipinski definition) is 4. The number of rotatable bonds is 4. The third-order valence-electron chi connectivity index (χ3n) is 5.06.